The van der Waals surface area contributed by atoms with Crippen molar-refractivity contribution in [2.75, 3.05) is 13.2 Å². The van der Waals surface area contributed by atoms with Gasteiger partial charge in [0, 0.05) is 19.3 Å². The number of aliphatic hydroxyl groups is 3. The van der Waals surface area contributed by atoms with E-state index in [0.717, 1.165) is 24.8 Å². The van der Waals surface area contributed by atoms with Gasteiger partial charge in [-0.05, 0) is 67.9 Å². The third-order valence-corrected chi connectivity index (χ3v) is 8.47. The lowest BCUT2D eigenvalue weighted by Crippen LogP contribution is -2.68. The van der Waals surface area contributed by atoms with Gasteiger partial charge in [0.15, 0.2) is 0 Å². The van der Waals surface area contributed by atoms with Crippen LogP contribution in [0.5, 0.6) is 0 Å². The fourth-order valence-corrected chi connectivity index (χ4v) is 5.86. The summed E-state index contributed by atoms with van der Waals surface area (Å²) in [5.41, 5.74) is -1.23. The van der Waals surface area contributed by atoms with Crippen LogP contribution in [0.25, 0.3) is 0 Å². The molecule has 0 aliphatic heterocycles. The first-order chi connectivity index (χ1) is 14.3. The Morgan fingerprint density at radius 2 is 1.71 bits per heavy atom. The number of hydrogen-bond donors (Lipinski definition) is 3. The van der Waals surface area contributed by atoms with Crippen LogP contribution in [0.3, 0.4) is 0 Å². The predicted molar refractivity (Wildman–Crippen MR) is 116 cm³/mol. The maximum Gasteiger partial charge on any atom is 0.302 e. The van der Waals surface area contributed by atoms with E-state index in [1.165, 1.54) is 13.8 Å². The van der Waals surface area contributed by atoms with Gasteiger partial charge in [-0.15, -0.1) is 0 Å². The molecule has 7 atom stereocenters. The molecule has 0 heterocycles. The Labute approximate surface area is 185 Å². The molecule has 7 heteroatoms. The van der Waals surface area contributed by atoms with Gasteiger partial charge in [-0.3, -0.25) is 9.59 Å². The zero-order chi connectivity index (χ0) is 23.6. The van der Waals surface area contributed by atoms with Gasteiger partial charge in [-0.25, -0.2) is 0 Å². The Morgan fingerprint density at radius 3 is 2.29 bits per heavy atom. The minimum Gasteiger partial charge on any atom is -0.462 e. The van der Waals surface area contributed by atoms with E-state index in [0.29, 0.717) is 18.8 Å². The fourth-order valence-electron chi connectivity index (χ4n) is 5.86. The minimum absolute atomic E-state index is 0.0144. The second kappa shape index (κ2) is 9.59. The molecule has 0 amide bonds. The largest absolute Gasteiger partial charge is 0.462 e. The lowest BCUT2D eigenvalue weighted by molar-refractivity contribution is -0.263. The number of ether oxygens (including phenoxy) is 2. The summed E-state index contributed by atoms with van der Waals surface area (Å²) < 4.78 is 10.2. The number of carbonyl (C=O) groups excluding carboxylic acids is 2. The van der Waals surface area contributed by atoms with Crippen molar-refractivity contribution >= 4 is 11.9 Å². The van der Waals surface area contributed by atoms with E-state index in [1.54, 1.807) is 13.0 Å². The van der Waals surface area contributed by atoms with E-state index in [-0.39, 0.29) is 36.5 Å². The highest BCUT2D eigenvalue weighted by Gasteiger charge is 2.64. The van der Waals surface area contributed by atoms with E-state index >= 15 is 0 Å². The second-order valence-electron chi connectivity index (χ2n) is 10.3. The Bertz CT molecular complexity index is 700. The van der Waals surface area contributed by atoms with Crippen LogP contribution in [-0.4, -0.2) is 58.3 Å². The van der Waals surface area contributed by atoms with Gasteiger partial charge in [-0.1, -0.05) is 20.8 Å². The Kier molecular flexibility index (Phi) is 7.99. The highest BCUT2D eigenvalue weighted by atomic mass is 16.5. The van der Waals surface area contributed by atoms with Crippen LogP contribution in [0.15, 0.2) is 11.6 Å². The first-order valence-electron chi connectivity index (χ1n) is 11.3. The van der Waals surface area contributed by atoms with Gasteiger partial charge in [0.05, 0.1) is 11.7 Å². The Balaban J connectivity index is 2.26. The number of aliphatic hydroxyl groups excluding tert-OH is 2. The zero-order valence-corrected chi connectivity index (χ0v) is 19.8. The molecule has 0 aromatic rings. The van der Waals surface area contributed by atoms with Crippen LogP contribution < -0.4 is 0 Å². The molecule has 7 nitrogen and oxygen atoms in total. The average molecular weight is 441 g/mol. The van der Waals surface area contributed by atoms with E-state index in [9.17, 15) is 24.9 Å². The highest BCUT2D eigenvalue weighted by molar-refractivity contribution is 5.66. The first kappa shape index (κ1) is 25.8. The van der Waals surface area contributed by atoms with Gasteiger partial charge >= 0.3 is 11.9 Å². The van der Waals surface area contributed by atoms with E-state index < -0.39 is 23.2 Å². The molecule has 0 saturated heterocycles. The maximum atomic E-state index is 11.3. The lowest BCUT2D eigenvalue weighted by Gasteiger charge is -2.64. The highest BCUT2D eigenvalue weighted by Crippen LogP contribution is 2.64. The summed E-state index contributed by atoms with van der Waals surface area (Å²) in [4.78, 5) is 22.4. The molecule has 178 valence electrons. The number of fused-ring (bicyclic) bond motifs is 1. The van der Waals surface area contributed by atoms with Crippen molar-refractivity contribution in [3.63, 3.8) is 0 Å². The summed E-state index contributed by atoms with van der Waals surface area (Å²) in [5.74, 6) is -0.375. The monoisotopic (exact) mass is 440 g/mol. The molecule has 2 aliphatic rings. The molecule has 0 unspecified atom stereocenters. The molecule has 3 N–H and O–H groups in total. The van der Waals surface area contributed by atoms with Crippen LogP contribution >= 0.6 is 0 Å². The molecule has 2 aliphatic carbocycles. The summed E-state index contributed by atoms with van der Waals surface area (Å²) in [6.45, 7) is 11.1. The van der Waals surface area contributed by atoms with Gasteiger partial charge < -0.3 is 24.8 Å². The topological polar surface area (TPSA) is 113 Å². The molecule has 2 fully saturated rings. The van der Waals surface area contributed by atoms with Gasteiger partial charge in [0.1, 0.15) is 19.3 Å². The summed E-state index contributed by atoms with van der Waals surface area (Å²) >= 11 is 0. The molecular weight excluding hydrogens is 400 g/mol. The van der Waals surface area contributed by atoms with Crippen LogP contribution in [-0.2, 0) is 19.1 Å². The van der Waals surface area contributed by atoms with Crippen molar-refractivity contribution in [1.29, 1.82) is 0 Å². The summed E-state index contributed by atoms with van der Waals surface area (Å²) in [7, 11) is 0. The van der Waals surface area contributed by atoms with Crippen molar-refractivity contribution in [3.05, 3.63) is 11.6 Å². The summed E-state index contributed by atoms with van der Waals surface area (Å²) in [6.07, 6.45) is 3.18. The first-order valence-corrected chi connectivity index (χ1v) is 11.3. The Morgan fingerprint density at radius 1 is 1.10 bits per heavy atom. The van der Waals surface area contributed by atoms with Crippen molar-refractivity contribution in [2.24, 2.45) is 22.7 Å². The molecule has 2 rings (SSSR count). The molecule has 0 aromatic carbocycles. The molecule has 0 spiro atoms. The standard InChI is InChI=1S/C24H40O7/c1-15-7-11-23(5)20(13-19(27)21(28)24(23,6)29)22(15,4)10-8-18(14-31-17(3)26)9-12-30-16(2)25/h9,15,19-21,27-29H,7-8,10-14H2,1-6H3/b18-9+/t15-,19-,20-,21-,22+,23-,24+/m1/s1. The summed E-state index contributed by atoms with van der Waals surface area (Å²) in [6, 6.07) is 0. The third-order valence-electron chi connectivity index (χ3n) is 8.47. The van der Waals surface area contributed by atoms with Crippen molar-refractivity contribution < 1.29 is 34.4 Å². The van der Waals surface area contributed by atoms with Crippen molar-refractivity contribution in [3.8, 4) is 0 Å². The fraction of sp³-hybridized carbons (Fsp3) is 0.833. The quantitative estimate of drug-likeness (QED) is 0.412. The molecule has 0 bridgehead atoms. The predicted octanol–water partition coefficient (Wildman–Crippen LogP) is 2.75. The SMILES string of the molecule is CC(=O)OC/C=C(\CC[C@@]1(C)[C@H](C)CC[C@]2(C)[C@@H]1C[C@@H](O)[C@@H](O)[C@]2(C)O)COC(C)=O. The van der Waals surface area contributed by atoms with Crippen LogP contribution in [0.2, 0.25) is 0 Å². The molecule has 31 heavy (non-hydrogen) atoms. The second-order valence-corrected chi connectivity index (χ2v) is 10.3. The van der Waals surface area contributed by atoms with Crippen LogP contribution in [0, 0.1) is 22.7 Å². The normalized spacial score (nSPS) is 40.7. The molecule has 0 radical (unpaired) electrons. The van der Waals surface area contributed by atoms with E-state index in [2.05, 4.69) is 13.8 Å². The molecular formula is C24H40O7. The van der Waals surface area contributed by atoms with Gasteiger partial charge in [-0.2, -0.15) is 0 Å². The number of rotatable bonds is 7. The number of carbonyl (C=O) groups is 2. The van der Waals surface area contributed by atoms with Gasteiger partial charge in [0.2, 0.25) is 0 Å². The lowest BCUT2D eigenvalue weighted by atomic mass is 9.42. The van der Waals surface area contributed by atoms with E-state index in [1.807, 2.05) is 6.92 Å². The Hall–Kier alpha value is -1.44. The number of esters is 2. The van der Waals surface area contributed by atoms with Crippen molar-refractivity contribution in [1.82, 2.24) is 0 Å². The average Bonchev–Trinajstić information content (AvgIpc) is 2.67. The van der Waals surface area contributed by atoms with Crippen molar-refractivity contribution in [2.45, 2.75) is 91.5 Å². The minimum atomic E-state index is -1.39. The van der Waals surface area contributed by atoms with Crippen LogP contribution in [0.1, 0.15) is 73.6 Å². The third kappa shape index (κ3) is 5.15. The smallest absolute Gasteiger partial charge is 0.302 e. The number of hydrogen-bond acceptors (Lipinski definition) is 7. The zero-order valence-electron chi connectivity index (χ0n) is 19.8. The maximum absolute atomic E-state index is 11.3. The molecule has 2 saturated carbocycles. The summed E-state index contributed by atoms with van der Waals surface area (Å²) in [5, 5.41) is 32.3. The van der Waals surface area contributed by atoms with Crippen LogP contribution in [0.4, 0.5) is 0 Å². The van der Waals surface area contributed by atoms with Gasteiger partial charge in [0.25, 0.3) is 0 Å². The molecule has 0 aromatic heterocycles. The van der Waals surface area contributed by atoms with E-state index in [4.69, 9.17) is 9.47 Å².